The summed E-state index contributed by atoms with van der Waals surface area (Å²) in [5.74, 6) is 1.41. The van der Waals surface area contributed by atoms with E-state index in [1.54, 1.807) is 17.8 Å². The van der Waals surface area contributed by atoms with Crippen LogP contribution >= 0.6 is 0 Å². The van der Waals surface area contributed by atoms with Gasteiger partial charge in [0.05, 0.1) is 29.9 Å². The molecule has 9 nitrogen and oxygen atoms in total. The average Bonchev–Trinajstić information content (AvgIpc) is 3.13. The Morgan fingerprint density at radius 2 is 2.19 bits per heavy atom. The molecule has 0 radical (unpaired) electrons. The largest absolute Gasteiger partial charge is 0.462 e. The Morgan fingerprint density at radius 1 is 1.37 bits per heavy atom. The van der Waals surface area contributed by atoms with Crippen molar-refractivity contribution in [3.05, 3.63) is 29.1 Å². The lowest BCUT2D eigenvalue weighted by atomic mass is 10.0. The quantitative estimate of drug-likeness (QED) is 0.700. The second-order valence-corrected chi connectivity index (χ2v) is 6.81. The van der Waals surface area contributed by atoms with Gasteiger partial charge < -0.3 is 10.1 Å². The van der Waals surface area contributed by atoms with E-state index in [0.29, 0.717) is 18.7 Å². The number of carbonyl (C=O) groups is 1. The summed E-state index contributed by atoms with van der Waals surface area (Å²) >= 11 is 0. The van der Waals surface area contributed by atoms with E-state index < -0.39 is 0 Å². The molecule has 0 saturated carbocycles. The van der Waals surface area contributed by atoms with Gasteiger partial charge in [0.1, 0.15) is 17.2 Å². The molecule has 9 heteroatoms. The summed E-state index contributed by atoms with van der Waals surface area (Å²) in [5.41, 5.74) is 2.72. The van der Waals surface area contributed by atoms with Crippen LogP contribution in [-0.4, -0.2) is 48.1 Å². The molecule has 0 spiro atoms. The molecule has 0 fully saturated rings. The van der Waals surface area contributed by atoms with E-state index in [1.807, 2.05) is 25.6 Å². The number of nitrogens with one attached hydrogen (secondary N) is 1. The van der Waals surface area contributed by atoms with Crippen molar-refractivity contribution in [1.82, 2.24) is 29.5 Å². The van der Waals surface area contributed by atoms with Gasteiger partial charge in [-0.3, -0.25) is 4.68 Å². The Bertz CT molecular complexity index is 1020. The van der Waals surface area contributed by atoms with E-state index in [-0.39, 0.29) is 12.0 Å². The first-order chi connectivity index (χ1) is 13.0. The zero-order valence-corrected chi connectivity index (χ0v) is 16.0. The lowest BCUT2D eigenvalue weighted by molar-refractivity contribution is 0.0527. The number of hydrogen-bond acceptors (Lipinski definition) is 7. The minimum atomic E-state index is -0.384. The second-order valence-electron chi connectivity index (χ2n) is 6.81. The highest BCUT2D eigenvalue weighted by molar-refractivity contribution is 6.05. The third kappa shape index (κ3) is 3.02. The van der Waals surface area contributed by atoms with Crippen molar-refractivity contribution in [2.45, 2.75) is 46.2 Å². The zero-order valence-electron chi connectivity index (χ0n) is 16.0. The molecule has 4 heterocycles. The Labute approximate surface area is 156 Å². The van der Waals surface area contributed by atoms with E-state index in [4.69, 9.17) is 4.74 Å². The summed E-state index contributed by atoms with van der Waals surface area (Å²) in [7, 11) is 1.85. The van der Waals surface area contributed by atoms with Crippen LogP contribution in [0.3, 0.4) is 0 Å². The summed E-state index contributed by atoms with van der Waals surface area (Å²) in [6.07, 6.45) is 3.31. The number of ether oxygens (including phenoxy) is 1. The minimum absolute atomic E-state index is 0.122. The van der Waals surface area contributed by atoms with Crippen molar-refractivity contribution in [2.75, 3.05) is 11.9 Å². The molecule has 0 bridgehead atoms. The zero-order chi connectivity index (χ0) is 19.1. The predicted molar refractivity (Wildman–Crippen MR) is 99.7 cm³/mol. The molecule has 0 aliphatic carbocycles. The lowest BCUT2D eigenvalue weighted by Gasteiger charge is -2.25. The number of rotatable bonds is 4. The number of fused-ring (bicyclic) bond motifs is 2. The van der Waals surface area contributed by atoms with Gasteiger partial charge >= 0.3 is 5.97 Å². The predicted octanol–water partition coefficient (Wildman–Crippen LogP) is 1.78. The highest BCUT2D eigenvalue weighted by Gasteiger charge is 2.26. The monoisotopic (exact) mass is 369 g/mol. The fourth-order valence-electron chi connectivity index (χ4n) is 3.68. The van der Waals surface area contributed by atoms with Gasteiger partial charge in [-0.2, -0.15) is 10.2 Å². The van der Waals surface area contributed by atoms with Gasteiger partial charge in [-0.05, 0) is 27.2 Å². The van der Waals surface area contributed by atoms with Crippen LogP contribution in [0.1, 0.15) is 41.0 Å². The smallest absolute Gasteiger partial charge is 0.341 e. The topological polar surface area (TPSA) is 99.8 Å². The molecule has 142 valence electrons. The van der Waals surface area contributed by atoms with Gasteiger partial charge in [0.15, 0.2) is 5.65 Å². The van der Waals surface area contributed by atoms with Gasteiger partial charge in [0, 0.05) is 25.7 Å². The molecule has 0 amide bonds. The fraction of sp³-hybridized carbons (Fsp3) is 0.500. The molecular weight excluding hydrogens is 346 g/mol. The van der Waals surface area contributed by atoms with E-state index in [9.17, 15) is 4.79 Å². The highest BCUT2D eigenvalue weighted by atomic mass is 16.5. The first-order valence-electron chi connectivity index (χ1n) is 9.14. The molecule has 1 aliphatic rings. The molecule has 0 aromatic carbocycles. The lowest BCUT2D eigenvalue weighted by Crippen LogP contribution is -2.32. The first kappa shape index (κ1) is 17.4. The standard InChI is InChI=1S/C18H23N7O2/c1-5-27-18(26)13-8-19-17-15(10(2)22-24(17)4)16(13)21-12-6-7-14-20-11(3)23-25(14)9-12/h8,12H,5-7,9H2,1-4H3,(H,19,21). The van der Waals surface area contributed by atoms with Crippen LogP contribution in [0.2, 0.25) is 0 Å². The third-order valence-electron chi connectivity index (χ3n) is 4.83. The average molecular weight is 369 g/mol. The van der Waals surface area contributed by atoms with E-state index >= 15 is 0 Å². The van der Waals surface area contributed by atoms with Crippen molar-refractivity contribution >= 4 is 22.7 Å². The molecule has 3 aromatic heterocycles. The number of esters is 1. The molecular formula is C18H23N7O2. The number of hydrogen-bond donors (Lipinski definition) is 1. The van der Waals surface area contributed by atoms with Gasteiger partial charge in [-0.25, -0.2) is 19.4 Å². The second kappa shape index (κ2) is 6.64. The Morgan fingerprint density at radius 3 is 2.96 bits per heavy atom. The van der Waals surface area contributed by atoms with Crippen LogP contribution in [0, 0.1) is 13.8 Å². The molecule has 4 rings (SSSR count). The van der Waals surface area contributed by atoms with Crippen LogP contribution in [-0.2, 0) is 24.8 Å². The number of nitrogens with zero attached hydrogens (tertiary/aromatic N) is 6. The van der Waals surface area contributed by atoms with Gasteiger partial charge in [0.2, 0.25) is 0 Å². The molecule has 0 saturated heterocycles. The SMILES string of the molecule is CCOC(=O)c1cnc2c(c(C)nn2C)c1NC1CCc2nc(C)nn2C1. The van der Waals surface area contributed by atoms with E-state index in [1.165, 1.54) is 0 Å². The van der Waals surface area contributed by atoms with E-state index in [0.717, 1.165) is 46.9 Å². The summed E-state index contributed by atoms with van der Waals surface area (Å²) in [6, 6.07) is 0.122. The number of aromatic nitrogens is 6. The molecule has 27 heavy (non-hydrogen) atoms. The van der Waals surface area contributed by atoms with Crippen molar-refractivity contribution < 1.29 is 9.53 Å². The first-order valence-corrected chi connectivity index (χ1v) is 9.14. The minimum Gasteiger partial charge on any atom is -0.462 e. The van der Waals surface area contributed by atoms with E-state index in [2.05, 4.69) is 25.5 Å². The molecule has 1 unspecified atom stereocenters. The fourth-order valence-corrected chi connectivity index (χ4v) is 3.68. The Balaban J connectivity index is 1.75. The van der Waals surface area contributed by atoms with Gasteiger partial charge in [0.25, 0.3) is 0 Å². The summed E-state index contributed by atoms with van der Waals surface area (Å²) < 4.78 is 8.91. The molecule has 1 atom stereocenters. The number of anilines is 1. The third-order valence-corrected chi connectivity index (χ3v) is 4.83. The number of pyridine rings is 1. The molecule has 1 aliphatic heterocycles. The van der Waals surface area contributed by atoms with Crippen molar-refractivity contribution in [2.24, 2.45) is 7.05 Å². The highest BCUT2D eigenvalue weighted by Crippen LogP contribution is 2.31. The van der Waals surface area contributed by atoms with Gasteiger partial charge in [-0.1, -0.05) is 0 Å². The van der Waals surface area contributed by atoms with Crippen molar-refractivity contribution in [3.63, 3.8) is 0 Å². The van der Waals surface area contributed by atoms with Crippen LogP contribution in [0.4, 0.5) is 5.69 Å². The maximum Gasteiger partial charge on any atom is 0.341 e. The summed E-state index contributed by atoms with van der Waals surface area (Å²) in [4.78, 5) is 21.4. The summed E-state index contributed by atoms with van der Waals surface area (Å²) in [5, 5.41) is 13.3. The van der Waals surface area contributed by atoms with Crippen LogP contribution in [0.15, 0.2) is 6.20 Å². The Kier molecular flexibility index (Phi) is 4.29. The molecule has 3 aromatic rings. The number of aryl methyl sites for hydroxylation is 4. The number of carbonyl (C=O) groups excluding carboxylic acids is 1. The van der Waals surface area contributed by atoms with Gasteiger partial charge in [-0.15, -0.1) is 0 Å². The Hall–Kier alpha value is -2.97. The summed E-state index contributed by atoms with van der Waals surface area (Å²) in [6.45, 7) is 6.62. The van der Waals surface area contributed by atoms with Crippen molar-refractivity contribution in [3.8, 4) is 0 Å². The molecule has 1 N–H and O–H groups in total. The van der Waals surface area contributed by atoms with Crippen molar-refractivity contribution in [1.29, 1.82) is 0 Å². The van der Waals surface area contributed by atoms with Crippen LogP contribution < -0.4 is 5.32 Å². The maximum atomic E-state index is 12.5. The maximum absolute atomic E-state index is 12.5. The van der Waals surface area contributed by atoms with Crippen LogP contribution in [0.5, 0.6) is 0 Å². The normalized spacial score (nSPS) is 16.4. The van der Waals surface area contributed by atoms with Crippen LogP contribution in [0.25, 0.3) is 11.0 Å².